The summed E-state index contributed by atoms with van der Waals surface area (Å²) in [7, 11) is 1.70. The maximum atomic E-state index is 5.36. The lowest BCUT2D eigenvalue weighted by atomic mass is 9.92. The maximum absolute atomic E-state index is 5.36. The summed E-state index contributed by atoms with van der Waals surface area (Å²) < 4.78 is 7.86. The van der Waals surface area contributed by atoms with E-state index in [1.54, 1.807) is 7.11 Å². The summed E-state index contributed by atoms with van der Waals surface area (Å²) in [4.78, 5) is 3.51. The Morgan fingerprint density at radius 2 is 1.51 bits per heavy atom. The molecule has 0 bridgehead atoms. The third-order valence-electron chi connectivity index (χ3n) is 7.88. The number of aromatic amines is 1. The highest BCUT2D eigenvalue weighted by molar-refractivity contribution is 5.92. The molecule has 2 aromatic heterocycles. The van der Waals surface area contributed by atoms with Gasteiger partial charge >= 0.3 is 0 Å². The summed E-state index contributed by atoms with van der Waals surface area (Å²) in [6.45, 7) is 11.4. The van der Waals surface area contributed by atoms with Gasteiger partial charge in [-0.3, -0.25) is 0 Å². The predicted molar refractivity (Wildman–Crippen MR) is 176 cm³/mol. The van der Waals surface area contributed by atoms with Crippen molar-refractivity contribution in [1.82, 2.24) is 9.55 Å². The van der Waals surface area contributed by atoms with Crippen LogP contribution in [-0.2, 0) is 5.54 Å². The molecule has 3 heteroatoms. The Hall–Kier alpha value is -4.50. The lowest BCUT2D eigenvalue weighted by Crippen LogP contribution is -2.22. The van der Waals surface area contributed by atoms with Crippen LogP contribution < -0.4 is 4.74 Å². The Balaban J connectivity index is 1.42. The van der Waals surface area contributed by atoms with Gasteiger partial charge in [0.05, 0.1) is 7.11 Å². The summed E-state index contributed by atoms with van der Waals surface area (Å²) in [5.74, 6) is 1.25. The molecule has 0 saturated carbocycles. The van der Waals surface area contributed by atoms with Crippen molar-refractivity contribution in [2.45, 2.75) is 46.1 Å². The highest BCUT2D eigenvalue weighted by atomic mass is 16.5. The summed E-state index contributed by atoms with van der Waals surface area (Å²) in [5, 5.41) is 2.48. The van der Waals surface area contributed by atoms with Gasteiger partial charge in [0.15, 0.2) is 0 Å². The van der Waals surface area contributed by atoms with E-state index in [0.29, 0.717) is 5.92 Å². The lowest BCUT2D eigenvalue weighted by Gasteiger charge is -2.27. The number of nitrogens with zero attached hydrogens (tertiary/aromatic N) is 1. The average Bonchev–Trinajstić information content (AvgIpc) is 3.57. The predicted octanol–water partition coefficient (Wildman–Crippen LogP) is 10.5. The fraction of sp³-hybridized carbons (Fsp3) is 0.211. The van der Waals surface area contributed by atoms with Crippen LogP contribution in [0.5, 0.6) is 5.75 Å². The van der Waals surface area contributed by atoms with E-state index in [1.807, 2.05) is 12.1 Å². The molecule has 0 saturated heterocycles. The number of hydrogen-bond donors (Lipinski definition) is 1. The Bertz CT molecular complexity index is 1840. The van der Waals surface area contributed by atoms with Gasteiger partial charge in [-0.25, -0.2) is 0 Å². The SMILES string of the molecule is COc1ccc(-c2ccc3c(c2)cc(-c2ccc(/C=C/c4cc5ccccc5[nH]4)cc2C(C)C)n3C(C)(C)C)cc1. The van der Waals surface area contributed by atoms with E-state index in [0.717, 1.165) is 17.0 Å². The van der Waals surface area contributed by atoms with E-state index < -0.39 is 0 Å². The minimum atomic E-state index is -0.0822. The number of ether oxygens (including phenoxy) is 1. The zero-order valence-electron chi connectivity index (χ0n) is 24.8. The van der Waals surface area contributed by atoms with E-state index in [9.17, 15) is 0 Å². The first-order chi connectivity index (χ1) is 19.7. The molecule has 0 unspecified atom stereocenters. The van der Waals surface area contributed by atoms with Crippen LogP contribution in [0.25, 0.3) is 56.3 Å². The molecule has 0 aliphatic heterocycles. The molecule has 0 aliphatic carbocycles. The van der Waals surface area contributed by atoms with Gasteiger partial charge in [-0.05, 0) is 103 Å². The van der Waals surface area contributed by atoms with Gasteiger partial charge < -0.3 is 14.3 Å². The van der Waals surface area contributed by atoms with Crippen LogP contribution in [0.3, 0.4) is 0 Å². The van der Waals surface area contributed by atoms with Gasteiger partial charge in [-0.2, -0.15) is 0 Å². The number of fused-ring (bicyclic) bond motifs is 2. The Morgan fingerprint density at radius 1 is 0.756 bits per heavy atom. The number of H-pyrrole nitrogens is 1. The Morgan fingerprint density at radius 3 is 2.22 bits per heavy atom. The van der Waals surface area contributed by atoms with Crippen molar-refractivity contribution in [1.29, 1.82) is 0 Å². The number of benzene rings is 4. The minimum Gasteiger partial charge on any atom is -0.497 e. The number of rotatable bonds is 6. The van der Waals surface area contributed by atoms with Gasteiger partial charge in [0.2, 0.25) is 0 Å². The summed E-state index contributed by atoms with van der Waals surface area (Å²) in [6, 6.07) is 35.0. The largest absolute Gasteiger partial charge is 0.497 e. The monoisotopic (exact) mass is 538 g/mol. The maximum Gasteiger partial charge on any atom is 0.118 e. The second-order valence-electron chi connectivity index (χ2n) is 12.2. The molecule has 2 heterocycles. The minimum absolute atomic E-state index is 0.0822. The molecule has 3 nitrogen and oxygen atoms in total. The first kappa shape index (κ1) is 26.7. The second-order valence-corrected chi connectivity index (χ2v) is 12.2. The molecule has 0 atom stereocenters. The quantitative estimate of drug-likeness (QED) is 0.225. The first-order valence-corrected chi connectivity index (χ1v) is 14.4. The lowest BCUT2D eigenvalue weighted by molar-refractivity contribution is 0.414. The van der Waals surface area contributed by atoms with E-state index in [-0.39, 0.29) is 5.54 Å². The van der Waals surface area contributed by atoms with Crippen LogP contribution >= 0.6 is 0 Å². The van der Waals surface area contributed by atoms with Crippen LogP contribution in [0.15, 0.2) is 97.1 Å². The van der Waals surface area contributed by atoms with Crippen LogP contribution in [0, 0.1) is 0 Å². The molecular weight excluding hydrogens is 500 g/mol. The van der Waals surface area contributed by atoms with Crippen molar-refractivity contribution >= 4 is 34.0 Å². The van der Waals surface area contributed by atoms with Gasteiger partial charge in [-0.1, -0.05) is 74.5 Å². The van der Waals surface area contributed by atoms with Crippen molar-refractivity contribution in [2.75, 3.05) is 7.11 Å². The molecule has 0 radical (unpaired) electrons. The fourth-order valence-electron chi connectivity index (χ4n) is 5.87. The summed E-state index contributed by atoms with van der Waals surface area (Å²) in [6.07, 6.45) is 4.38. The van der Waals surface area contributed by atoms with Crippen molar-refractivity contribution < 1.29 is 4.74 Å². The molecule has 0 amide bonds. The third-order valence-corrected chi connectivity index (χ3v) is 7.88. The third kappa shape index (κ3) is 5.20. The van der Waals surface area contributed by atoms with Crippen molar-refractivity contribution in [3.05, 3.63) is 114 Å². The molecule has 0 fully saturated rings. The molecule has 0 aliphatic rings. The summed E-state index contributed by atoms with van der Waals surface area (Å²) in [5.41, 5.74) is 10.9. The van der Waals surface area contributed by atoms with E-state index in [4.69, 9.17) is 4.74 Å². The van der Waals surface area contributed by atoms with Crippen molar-refractivity contribution in [3.8, 4) is 28.1 Å². The first-order valence-electron chi connectivity index (χ1n) is 14.4. The molecular formula is C38H38N2O. The van der Waals surface area contributed by atoms with Crippen LogP contribution in [0.4, 0.5) is 0 Å². The van der Waals surface area contributed by atoms with Crippen LogP contribution in [0.2, 0.25) is 0 Å². The average molecular weight is 539 g/mol. The normalized spacial score (nSPS) is 12.3. The van der Waals surface area contributed by atoms with Gasteiger partial charge in [0.25, 0.3) is 0 Å². The number of nitrogens with one attached hydrogen (secondary N) is 1. The molecule has 41 heavy (non-hydrogen) atoms. The van der Waals surface area contributed by atoms with Crippen molar-refractivity contribution in [2.24, 2.45) is 0 Å². The molecule has 1 N–H and O–H groups in total. The van der Waals surface area contributed by atoms with Crippen LogP contribution in [0.1, 0.15) is 57.4 Å². The highest BCUT2D eigenvalue weighted by Gasteiger charge is 2.23. The van der Waals surface area contributed by atoms with E-state index in [1.165, 1.54) is 49.8 Å². The molecule has 4 aromatic carbocycles. The topological polar surface area (TPSA) is 29.9 Å². The molecule has 206 valence electrons. The Labute approximate surface area is 243 Å². The van der Waals surface area contributed by atoms with E-state index in [2.05, 4.69) is 141 Å². The van der Waals surface area contributed by atoms with Gasteiger partial charge in [-0.15, -0.1) is 0 Å². The van der Waals surface area contributed by atoms with Crippen LogP contribution in [-0.4, -0.2) is 16.7 Å². The van der Waals surface area contributed by atoms with Crippen molar-refractivity contribution in [3.63, 3.8) is 0 Å². The number of para-hydroxylation sites is 1. The van der Waals surface area contributed by atoms with Gasteiger partial charge in [0.1, 0.15) is 5.75 Å². The zero-order valence-corrected chi connectivity index (χ0v) is 24.8. The molecule has 6 aromatic rings. The molecule has 6 rings (SSSR count). The standard InChI is InChI=1S/C38H38N2O/c1-25(2)34-21-26(11-16-31-23-29-9-7-8-10-35(29)39-31)12-19-33(34)37-24-30-22-28(27-13-17-32(41-6)18-14-27)15-20-36(30)40(37)38(3,4)5/h7-25,39H,1-6H3/b16-11+. The second kappa shape index (κ2) is 10.5. The van der Waals surface area contributed by atoms with Gasteiger partial charge in [0, 0.05) is 38.9 Å². The Kier molecular flexibility index (Phi) is 6.83. The van der Waals surface area contributed by atoms with E-state index >= 15 is 0 Å². The smallest absolute Gasteiger partial charge is 0.118 e. The number of aromatic nitrogens is 2. The number of methoxy groups -OCH3 is 1. The fourth-order valence-corrected chi connectivity index (χ4v) is 5.87. The summed E-state index contributed by atoms with van der Waals surface area (Å²) >= 11 is 0. The zero-order chi connectivity index (χ0) is 28.7. The number of hydrogen-bond acceptors (Lipinski definition) is 1. The molecule has 0 spiro atoms. The highest BCUT2D eigenvalue weighted by Crippen LogP contribution is 2.39.